The van der Waals surface area contributed by atoms with Gasteiger partial charge < -0.3 is 0 Å². The van der Waals surface area contributed by atoms with Crippen LogP contribution in [0.1, 0.15) is 0 Å². The van der Waals surface area contributed by atoms with Crippen LogP contribution in [0.15, 0.2) is 47.2 Å². The van der Waals surface area contributed by atoms with Gasteiger partial charge >= 0.3 is 0 Å². The quantitative estimate of drug-likeness (QED) is 0.641. The van der Waals surface area contributed by atoms with Crippen LogP contribution >= 0.6 is 27.5 Å². The first-order valence-electron chi connectivity index (χ1n) is 5.24. The minimum Gasteiger partial charge on any atom is -0.297 e. The molecule has 0 amide bonds. The van der Waals surface area contributed by atoms with E-state index in [1.165, 1.54) is 12.1 Å². The van der Waals surface area contributed by atoms with Gasteiger partial charge in [-0.15, -0.1) is 0 Å². The van der Waals surface area contributed by atoms with E-state index in [1.54, 1.807) is 18.3 Å². The van der Waals surface area contributed by atoms with Crippen LogP contribution in [0.2, 0.25) is 5.02 Å². The van der Waals surface area contributed by atoms with Crippen molar-refractivity contribution in [3.05, 3.63) is 58.0 Å². The Morgan fingerprint density at radius 1 is 1.22 bits per heavy atom. The van der Waals surface area contributed by atoms with Gasteiger partial charge in [0.05, 0.1) is 10.5 Å². The van der Waals surface area contributed by atoms with Gasteiger partial charge in [-0.1, -0.05) is 23.7 Å². The molecule has 1 aromatic carbocycles. The highest BCUT2D eigenvalue weighted by molar-refractivity contribution is 9.10. The fourth-order valence-corrected chi connectivity index (χ4v) is 2.51. The normalized spacial score (nSPS) is 11.1. The molecule has 0 saturated heterocycles. The van der Waals surface area contributed by atoms with E-state index < -0.39 is 0 Å². The predicted molar refractivity (Wildman–Crippen MR) is 73.3 cm³/mol. The van der Waals surface area contributed by atoms with Crippen molar-refractivity contribution in [1.82, 2.24) is 9.38 Å². The van der Waals surface area contributed by atoms with E-state index in [0.29, 0.717) is 21.0 Å². The summed E-state index contributed by atoms with van der Waals surface area (Å²) in [6, 6.07) is 9.97. The van der Waals surface area contributed by atoms with E-state index in [1.807, 2.05) is 16.5 Å². The van der Waals surface area contributed by atoms with Gasteiger partial charge in [0.25, 0.3) is 0 Å². The molecule has 0 aliphatic heterocycles. The number of nitrogens with zero attached hydrogens (tertiary/aromatic N) is 2. The number of hydrogen-bond acceptors (Lipinski definition) is 1. The van der Waals surface area contributed by atoms with Crippen molar-refractivity contribution in [1.29, 1.82) is 0 Å². The molecular formula is C13H7BrClFN2. The lowest BCUT2D eigenvalue weighted by Crippen LogP contribution is -1.89. The molecular weight excluding hydrogens is 319 g/mol. The average Bonchev–Trinajstić information content (AvgIpc) is 2.66. The predicted octanol–water partition coefficient (Wildman–Crippen LogP) is 4.56. The van der Waals surface area contributed by atoms with Gasteiger partial charge in [-0.05, 0) is 40.2 Å². The Kier molecular flexibility index (Phi) is 2.84. The molecule has 0 fully saturated rings. The SMILES string of the molecule is Fc1cccc(-c2nc(Br)c3ccc(Cl)cn23)c1. The van der Waals surface area contributed by atoms with Crippen molar-refractivity contribution < 1.29 is 4.39 Å². The van der Waals surface area contributed by atoms with Crippen LogP contribution in [0.25, 0.3) is 16.9 Å². The van der Waals surface area contributed by atoms with E-state index in [2.05, 4.69) is 20.9 Å². The van der Waals surface area contributed by atoms with Gasteiger partial charge in [0.1, 0.15) is 16.2 Å². The lowest BCUT2D eigenvalue weighted by atomic mass is 10.2. The lowest BCUT2D eigenvalue weighted by molar-refractivity contribution is 0.628. The minimum atomic E-state index is -0.289. The highest BCUT2D eigenvalue weighted by atomic mass is 79.9. The third kappa shape index (κ3) is 1.91. The number of rotatable bonds is 1. The Morgan fingerprint density at radius 2 is 2.06 bits per heavy atom. The number of hydrogen-bond donors (Lipinski definition) is 0. The number of imidazole rings is 1. The Labute approximate surface area is 116 Å². The zero-order valence-corrected chi connectivity index (χ0v) is 11.4. The summed E-state index contributed by atoms with van der Waals surface area (Å²) in [7, 11) is 0. The smallest absolute Gasteiger partial charge is 0.146 e. The molecule has 0 saturated carbocycles. The van der Waals surface area contributed by atoms with Gasteiger partial charge in [-0.25, -0.2) is 9.37 Å². The number of aromatic nitrogens is 2. The molecule has 0 N–H and O–H groups in total. The van der Waals surface area contributed by atoms with Gasteiger partial charge in [-0.3, -0.25) is 4.40 Å². The fraction of sp³-hybridized carbons (Fsp3) is 0. The minimum absolute atomic E-state index is 0.289. The maximum Gasteiger partial charge on any atom is 0.146 e. The molecule has 0 unspecified atom stereocenters. The zero-order valence-electron chi connectivity index (χ0n) is 9.07. The Morgan fingerprint density at radius 3 is 2.83 bits per heavy atom. The van der Waals surface area contributed by atoms with E-state index >= 15 is 0 Å². The topological polar surface area (TPSA) is 17.3 Å². The van der Waals surface area contributed by atoms with Gasteiger partial charge in [0, 0.05) is 11.8 Å². The summed E-state index contributed by atoms with van der Waals surface area (Å²) in [5.74, 6) is 0.362. The van der Waals surface area contributed by atoms with Gasteiger partial charge in [0.2, 0.25) is 0 Å². The Bertz CT molecular complexity index is 739. The number of benzene rings is 1. The number of pyridine rings is 1. The van der Waals surface area contributed by atoms with Crippen LogP contribution in [0.5, 0.6) is 0 Å². The zero-order chi connectivity index (χ0) is 12.7. The lowest BCUT2D eigenvalue weighted by Gasteiger charge is -2.01. The number of halogens is 3. The van der Waals surface area contributed by atoms with Crippen LogP contribution in [0.4, 0.5) is 4.39 Å². The third-order valence-electron chi connectivity index (χ3n) is 2.64. The van der Waals surface area contributed by atoms with Gasteiger partial charge in [-0.2, -0.15) is 0 Å². The van der Waals surface area contributed by atoms with Crippen LogP contribution in [-0.2, 0) is 0 Å². The van der Waals surface area contributed by atoms with Crippen LogP contribution in [-0.4, -0.2) is 9.38 Å². The molecule has 0 spiro atoms. The molecule has 5 heteroatoms. The maximum atomic E-state index is 13.3. The number of fused-ring (bicyclic) bond motifs is 1. The first-order chi connectivity index (χ1) is 8.65. The Balaban J connectivity index is 2.32. The average molecular weight is 326 g/mol. The van der Waals surface area contributed by atoms with E-state index in [4.69, 9.17) is 11.6 Å². The Hall–Kier alpha value is -1.39. The molecule has 0 radical (unpaired) electrons. The molecule has 2 heterocycles. The van der Waals surface area contributed by atoms with Crippen molar-refractivity contribution in [2.24, 2.45) is 0 Å². The van der Waals surface area contributed by atoms with Crippen molar-refractivity contribution in [2.45, 2.75) is 0 Å². The third-order valence-corrected chi connectivity index (χ3v) is 3.45. The summed E-state index contributed by atoms with van der Waals surface area (Å²) in [6.45, 7) is 0. The van der Waals surface area contributed by atoms with Crippen LogP contribution in [0.3, 0.4) is 0 Å². The second-order valence-corrected chi connectivity index (χ2v) is 5.03. The molecule has 0 bridgehead atoms. The van der Waals surface area contributed by atoms with E-state index in [9.17, 15) is 4.39 Å². The molecule has 2 aromatic heterocycles. The van der Waals surface area contributed by atoms with E-state index in [-0.39, 0.29) is 5.82 Å². The van der Waals surface area contributed by atoms with Crippen molar-refractivity contribution in [3.63, 3.8) is 0 Å². The molecule has 3 aromatic rings. The largest absolute Gasteiger partial charge is 0.297 e. The summed E-state index contributed by atoms with van der Waals surface area (Å²) < 4.78 is 15.8. The first kappa shape index (κ1) is 11.7. The van der Waals surface area contributed by atoms with Crippen molar-refractivity contribution >= 4 is 33.0 Å². The monoisotopic (exact) mass is 324 g/mol. The highest BCUT2D eigenvalue weighted by Crippen LogP contribution is 2.27. The summed E-state index contributed by atoms with van der Waals surface area (Å²) in [5.41, 5.74) is 1.59. The molecule has 0 aliphatic rings. The van der Waals surface area contributed by atoms with Crippen molar-refractivity contribution in [3.8, 4) is 11.4 Å². The summed E-state index contributed by atoms with van der Waals surface area (Å²) in [4.78, 5) is 4.40. The molecule has 18 heavy (non-hydrogen) atoms. The summed E-state index contributed by atoms with van der Waals surface area (Å²) in [6.07, 6.45) is 1.76. The van der Waals surface area contributed by atoms with Crippen LogP contribution in [0, 0.1) is 5.82 Å². The molecule has 90 valence electrons. The molecule has 0 atom stereocenters. The van der Waals surface area contributed by atoms with E-state index in [0.717, 1.165) is 5.52 Å². The van der Waals surface area contributed by atoms with Gasteiger partial charge in [0.15, 0.2) is 0 Å². The summed E-state index contributed by atoms with van der Waals surface area (Å²) >= 11 is 9.37. The first-order valence-corrected chi connectivity index (χ1v) is 6.41. The van der Waals surface area contributed by atoms with Crippen molar-refractivity contribution in [2.75, 3.05) is 0 Å². The second kappa shape index (κ2) is 4.37. The molecule has 2 nitrogen and oxygen atoms in total. The van der Waals surface area contributed by atoms with Crippen LogP contribution < -0.4 is 0 Å². The standard InChI is InChI=1S/C13H7BrClFN2/c14-12-11-5-4-9(15)7-18(11)13(17-12)8-2-1-3-10(16)6-8/h1-7H. The summed E-state index contributed by atoms with van der Waals surface area (Å²) in [5, 5.41) is 0.602. The molecule has 0 aliphatic carbocycles. The fourth-order valence-electron chi connectivity index (χ4n) is 1.85. The highest BCUT2D eigenvalue weighted by Gasteiger charge is 2.11. The maximum absolute atomic E-state index is 13.3. The molecule has 3 rings (SSSR count). The second-order valence-electron chi connectivity index (χ2n) is 3.84.